The Hall–Kier alpha value is -4.37. The number of nitrogens with zero attached hydrogens (tertiary/aromatic N) is 3. The predicted octanol–water partition coefficient (Wildman–Crippen LogP) is 4.83. The summed E-state index contributed by atoms with van der Waals surface area (Å²) >= 11 is 0. The van der Waals surface area contributed by atoms with Gasteiger partial charge in [-0.15, -0.1) is 0 Å². The van der Waals surface area contributed by atoms with Gasteiger partial charge in [0, 0.05) is 43.3 Å². The molecule has 4 aromatic carbocycles. The highest BCUT2D eigenvalue weighted by atomic mass is 32.2. The number of hydrogen-bond acceptors (Lipinski definition) is 5. The van der Waals surface area contributed by atoms with Gasteiger partial charge >= 0.3 is 5.69 Å². The molecule has 1 heterocycles. The Morgan fingerprint density at radius 1 is 0.800 bits per heavy atom. The molecule has 0 aliphatic rings. The fourth-order valence-corrected chi connectivity index (χ4v) is 6.61. The minimum absolute atomic E-state index is 0.175. The molecule has 1 aromatic heterocycles. The summed E-state index contributed by atoms with van der Waals surface area (Å²) in [5.74, 6) is 0. The first kappa shape index (κ1) is 27.2. The van der Waals surface area contributed by atoms with Crippen molar-refractivity contribution < 1.29 is 8.42 Å². The predicted molar refractivity (Wildman–Crippen MR) is 163 cm³/mol. The lowest BCUT2D eigenvalue weighted by Crippen LogP contribution is -2.39. The Balaban J connectivity index is 1.67. The molecule has 5 rings (SSSR count). The smallest absolute Gasteiger partial charge is 0.335 e. The molecule has 0 atom stereocenters. The summed E-state index contributed by atoms with van der Waals surface area (Å²) < 4.78 is 32.9. The second-order valence-electron chi connectivity index (χ2n) is 9.98. The minimum Gasteiger partial charge on any atom is -0.377 e. The van der Waals surface area contributed by atoms with E-state index in [1.54, 1.807) is 61.6 Å². The van der Waals surface area contributed by atoms with E-state index in [2.05, 4.69) is 4.72 Å². The van der Waals surface area contributed by atoms with E-state index in [4.69, 9.17) is 0 Å². The number of benzene rings is 4. The fourth-order valence-electron chi connectivity index (χ4n) is 5.35. The topological polar surface area (TPSA) is 93.4 Å². The minimum atomic E-state index is -3.96. The lowest BCUT2D eigenvalue weighted by molar-refractivity contribution is 0.602. The van der Waals surface area contributed by atoms with Crippen LogP contribution in [-0.2, 0) is 29.9 Å². The molecule has 0 aliphatic carbocycles. The van der Waals surface area contributed by atoms with Gasteiger partial charge in [-0.2, -0.15) is 0 Å². The molecule has 206 valence electrons. The molecule has 1 N–H and O–H groups in total. The van der Waals surface area contributed by atoms with Crippen LogP contribution < -0.4 is 20.9 Å². The van der Waals surface area contributed by atoms with Crippen molar-refractivity contribution in [2.45, 2.75) is 31.6 Å². The van der Waals surface area contributed by atoms with E-state index in [1.165, 1.54) is 9.13 Å². The normalized spacial score (nSPS) is 11.7. The van der Waals surface area contributed by atoms with Gasteiger partial charge in [-0.3, -0.25) is 14.1 Å². The van der Waals surface area contributed by atoms with E-state index in [-0.39, 0.29) is 4.90 Å². The van der Waals surface area contributed by atoms with E-state index >= 15 is 0 Å². The van der Waals surface area contributed by atoms with Crippen LogP contribution >= 0.6 is 0 Å². The van der Waals surface area contributed by atoms with Crippen LogP contribution in [0, 0.1) is 0 Å². The molecule has 0 fully saturated rings. The maximum atomic E-state index is 13.7. The zero-order chi connectivity index (χ0) is 28.8. The number of nitrogens with one attached hydrogen (secondary N) is 1. The van der Waals surface area contributed by atoms with Gasteiger partial charge in [0.1, 0.15) is 0 Å². The highest BCUT2D eigenvalue weighted by Crippen LogP contribution is 2.32. The van der Waals surface area contributed by atoms with Crippen molar-refractivity contribution in [2.24, 2.45) is 7.05 Å². The van der Waals surface area contributed by atoms with Gasteiger partial charge in [0.15, 0.2) is 0 Å². The van der Waals surface area contributed by atoms with Gasteiger partial charge in [0.2, 0.25) is 0 Å². The molecule has 0 unspecified atom stereocenters. The Bertz CT molecular complexity index is 1980. The molecule has 9 heteroatoms. The third-order valence-electron chi connectivity index (χ3n) is 7.31. The number of anilines is 2. The quantitative estimate of drug-likeness (QED) is 0.310. The van der Waals surface area contributed by atoms with Crippen LogP contribution in [-0.4, -0.2) is 31.6 Å². The maximum Gasteiger partial charge on any atom is 0.335 e. The zero-order valence-corrected chi connectivity index (χ0v) is 24.0. The molecule has 5 aromatic rings. The number of aryl methyl sites for hydroxylation is 3. The van der Waals surface area contributed by atoms with Gasteiger partial charge < -0.3 is 4.90 Å². The first-order valence-corrected chi connectivity index (χ1v) is 14.7. The van der Waals surface area contributed by atoms with Crippen molar-refractivity contribution in [1.82, 2.24) is 9.13 Å². The second kappa shape index (κ2) is 10.3. The van der Waals surface area contributed by atoms with Crippen molar-refractivity contribution in [2.75, 3.05) is 23.7 Å². The van der Waals surface area contributed by atoms with Gasteiger partial charge in [0.25, 0.3) is 15.6 Å². The monoisotopic (exact) mass is 556 g/mol. The van der Waals surface area contributed by atoms with Gasteiger partial charge in [-0.25, -0.2) is 17.8 Å². The number of rotatable bonds is 7. The summed E-state index contributed by atoms with van der Waals surface area (Å²) in [6.07, 6.45) is 0.974. The van der Waals surface area contributed by atoms with Crippen molar-refractivity contribution in [3.63, 3.8) is 0 Å². The van der Waals surface area contributed by atoms with Crippen molar-refractivity contribution in [3.8, 4) is 5.69 Å². The summed E-state index contributed by atoms with van der Waals surface area (Å²) in [5, 5.41) is 1.89. The molecule has 8 nitrogen and oxygen atoms in total. The average Bonchev–Trinajstić information content (AvgIpc) is 2.95. The van der Waals surface area contributed by atoms with Crippen LogP contribution in [0.1, 0.15) is 25.0 Å². The van der Waals surface area contributed by atoms with Crippen LogP contribution in [0.3, 0.4) is 0 Å². The number of aromatic nitrogens is 2. The molecule has 0 radical (unpaired) electrons. The summed E-state index contributed by atoms with van der Waals surface area (Å²) in [6, 6.07) is 21.3. The van der Waals surface area contributed by atoms with Crippen LogP contribution in [0.25, 0.3) is 27.4 Å². The van der Waals surface area contributed by atoms with Crippen molar-refractivity contribution in [1.29, 1.82) is 0 Å². The fraction of sp³-hybridized carbons (Fsp3) is 0.226. The summed E-state index contributed by atoms with van der Waals surface area (Å²) in [6.45, 7) is 3.83. The lowest BCUT2D eigenvalue weighted by atomic mass is 10.0. The third kappa shape index (κ3) is 4.46. The highest BCUT2D eigenvalue weighted by Gasteiger charge is 2.22. The van der Waals surface area contributed by atoms with E-state index in [0.29, 0.717) is 51.6 Å². The number of para-hydroxylation sites is 1. The van der Waals surface area contributed by atoms with Crippen LogP contribution in [0.4, 0.5) is 11.4 Å². The summed E-state index contributed by atoms with van der Waals surface area (Å²) in [4.78, 5) is 29.1. The van der Waals surface area contributed by atoms with Crippen LogP contribution in [0.2, 0.25) is 0 Å². The Morgan fingerprint density at radius 3 is 2.05 bits per heavy atom. The first-order valence-electron chi connectivity index (χ1n) is 13.2. The first-order chi connectivity index (χ1) is 19.1. The molecule has 40 heavy (non-hydrogen) atoms. The highest BCUT2D eigenvalue weighted by molar-refractivity contribution is 7.93. The number of sulfonamides is 1. The molecular weight excluding hydrogens is 524 g/mol. The zero-order valence-electron chi connectivity index (χ0n) is 23.2. The van der Waals surface area contributed by atoms with E-state index in [9.17, 15) is 18.0 Å². The summed E-state index contributed by atoms with van der Waals surface area (Å²) in [5.41, 5.74) is 2.90. The van der Waals surface area contributed by atoms with Crippen molar-refractivity contribution >= 4 is 43.1 Å². The van der Waals surface area contributed by atoms with Gasteiger partial charge in [-0.1, -0.05) is 50.2 Å². The molecule has 0 saturated heterocycles. The van der Waals surface area contributed by atoms with Crippen LogP contribution in [0.15, 0.2) is 87.3 Å². The van der Waals surface area contributed by atoms with Gasteiger partial charge in [-0.05, 0) is 60.4 Å². The van der Waals surface area contributed by atoms with E-state index < -0.39 is 21.3 Å². The Labute approximate surface area is 233 Å². The van der Waals surface area contributed by atoms with E-state index in [1.807, 2.05) is 51.0 Å². The molecule has 0 amide bonds. The van der Waals surface area contributed by atoms with Crippen molar-refractivity contribution in [3.05, 3.63) is 105 Å². The Kier molecular flexibility index (Phi) is 7.01. The molecule has 0 aliphatic heterocycles. The molecule has 0 saturated carbocycles. The lowest BCUT2D eigenvalue weighted by Gasteiger charge is -2.20. The number of fused-ring (bicyclic) bond motifs is 2. The molecule has 0 spiro atoms. The maximum absolute atomic E-state index is 13.7. The molecule has 0 bridgehead atoms. The van der Waals surface area contributed by atoms with E-state index in [0.717, 1.165) is 11.1 Å². The largest absolute Gasteiger partial charge is 0.377 e. The summed E-state index contributed by atoms with van der Waals surface area (Å²) in [7, 11) is 1.52. The Morgan fingerprint density at radius 2 is 1.40 bits per heavy atom. The van der Waals surface area contributed by atoms with Gasteiger partial charge in [0.05, 0.1) is 21.5 Å². The third-order valence-corrected chi connectivity index (χ3v) is 8.75. The number of hydrogen-bond donors (Lipinski definition) is 1. The SMILES string of the molecule is CCc1cc(NS(=O)(=O)c2cccc3c(N(C)C)cccc23)cc(CC)c1-n1c(=O)c2ccccc2n(C)c1=O. The second-order valence-corrected chi connectivity index (χ2v) is 11.6. The van der Waals surface area contributed by atoms with Crippen LogP contribution in [0.5, 0.6) is 0 Å². The standard InChI is InChI=1S/C31H32N4O4S/c1-6-20-18-22(32-40(38,39)28-17-11-13-23-24(28)14-10-16-26(23)33(3)4)19-21(7-2)29(20)35-30(36)25-12-8-9-15-27(25)34(5)31(35)37/h8-19,32H,6-7H2,1-5H3. The average molecular weight is 557 g/mol. The molecular formula is C31H32N4O4S.